The first kappa shape index (κ1) is 12.8. The normalized spacial score (nSPS) is 11.0. The minimum absolute atomic E-state index is 0.132. The van der Waals surface area contributed by atoms with Crippen LogP contribution in [0.2, 0.25) is 0 Å². The van der Waals surface area contributed by atoms with E-state index < -0.39 is 5.71 Å². The van der Waals surface area contributed by atoms with Gasteiger partial charge in [-0.05, 0) is 18.2 Å². The summed E-state index contributed by atoms with van der Waals surface area (Å²) in [6, 6.07) is 8.44. The molecule has 0 atom stereocenters. The molecule has 0 fully saturated rings. The van der Waals surface area contributed by atoms with Crippen molar-refractivity contribution in [2.45, 2.75) is 0 Å². The number of aromatic nitrogens is 1. The molecule has 0 aliphatic carbocycles. The van der Waals surface area contributed by atoms with Crippen LogP contribution in [0.15, 0.2) is 27.7 Å². The average molecular weight is 316 g/mol. The molecule has 6 nitrogen and oxygen atoms in total. The Hall–Kier alpha value is -2.64. The second-order valence-electron chi connectivity index (χ2n) is 3.57. The van der Waals surface area contributed by atoms with E-state index in [4.69, 9.17) is 15.9 Å². The molecule has 2 rings (SSSR count). The van der Waals surface area contributed by atoms with E-state index in [1.165, 1.54) is 6.07 Å². The van der Waals surface area contributed by atoms with Crippen LogP contribution in [0.4, 0.5) is 5.69 Å². The van der Waals surface area contributed by atoms with Gasteiger partial charge in [-0.25, -0.2) is 4.99 Å². The number of aromatic amines is 1. The molecule has 92 valence electrons. The summed E-state index contributed by atoms with van der Waals surface area (Å²) < 4.78 is 0.782. The molecule has 3 N–H and O–H groups in total. The van der Waals surface area contributed by atoms with Crippen molar-refractivity contribution in [2.75, 3.05) is 0 Å². The van der Waals surface area contributed by atoms with Crippen LogP contribution in [-0.2, 0) is 0 Å². The lowest BCUT2D eigenvalue weighted by molar-refractivity contribution is 0.460. The number of hydrogen-bond donors (Lipinski definition) is 3. The zero-order valence-electron chi connectivity index (χ0n) is 9.40. The van der Waals surface area contributed by atoms with Crippen LogP contribution >= 0.6 is 15.9 Å². The minimum Gasteiger partial charge on any atom is -0.493 e. The zero-order chi connectivity index (χ0) is 14.0. The fraction of sp³-hybridized carbons (Fsp3) is 0. The molecule has 0 amide bonds. The Balaban J connectivity index is 2.70. The second kappa shape index (κ2) is 4.92. The van der Waals surface area contributed by atoms with E-state index in [-0.39, 0.29) is 17.3 Å². The first-order chi connectivity index (χ1) is 9.06. The number of rotatable bonds is 2. The molecule has 0 radical (unpaired) electrons. The summed E-state index contributed by atoms with van der Waals surface area (Å²) in [6.07, 6.45) is 0. The number of nitrogens with zero attached hydrogens (tertiary/aromatic N) is 3. The molecule has 0 unspecified atom stereocenters. The number of benzene rings is 1. The third-order valence-electron chi connectivity index (χ3n) is 2.39. The Kier molecular flexibility index (Phi) is 3.32. The topological polar surface area (TPSA) is 120 Å². The Labute approximate surface area is 116 Å². The molecule has 1 heterocycles. The van der Waals surface area contributed by atoms with Gasteiger partial charge in [0.2, 0.25) is 5.88 Å². The Morgan fingerprint density at radius 2 is 2.11 bits per heavy atom. The fourth-order valence-electron chi connectivity index (χ4n) is 1.55. The molecule has 7 heteroatoms. The van der Waals surface area contributed by atoms with Gasteiger partial charge in [0.25, 0.3) is 0 Å². The smallest absolute Gasteiger partial charge is 0.216 e. The zero-order valence-corrected chi connectivity index (χ0v) is 11.0. The van der Waals surface area contributed by atoms with Gasteiger partial charge in [-0.15, -0.1) is 0 Å². The first-order valence-corrected chi connectivity index (χ1v) is 5.84. The number of aliphatic imine (C=N–C) groups is 1. The van der Waals surface area contributed by atoms with Crippen molar-refractivity contribution in [2.24, 2.45) is 4.99 Å². The molecule has 1 aromatic carbocycles. The van der Waals surface area contributed by atoms with E-state index >= 15 is 0 Å². The van der Waals surface area contributed by atoms with Crippen molar-refractivity contribution in [3.63, 3.8) is 0 Å². The summed E-state index contributed by atoms with van der Waals surface area (Å²) >= 11 is 3.30. The number of aromatic hydroxyl groups is 1. The molecule has 2 aromatic rings. The van der Waals surface area contributed by atoms with E-state index in [0.29, 0.717) is 10.9 Å². The predicted octanol–water partition coefficient (Wildman–Crippen LogP) is 2.78. The molecular formula is C12H6BrN5O. The van der Waals surface area contributed by atoms with Gasteiger partial charge in [0.15, 0.2) is 11.4 Å². The van der Waals surface area contributed by atoms with Gasteiger partial charge >= 0.3 is 0 Å². The molecule has 0 aliphatic heterocycles. The summed E-state index contributed by atoms with van der Waals surface area (Å²) in [5.41, 5.74) is -0.127. The van der Waals surface area contributed by atoms with Crippen LogP contribution in [0, 0.1) is 28.1 Å². The lowest BCUT2D eigenvalue weighted by atomic mass is 10.2. The summed E-state index contributed by atoms with van der Waals surface area (Å²) in [7, 11) is 0. The molecule has 0 saturated carbocycles. The highest BCUT2D eigenvalue weighted by molar-refractivity contribution is 9.10. The Morgan fingerprint density at radius 1 is 1.37 bits per heavy atom. The van der Waals surface area contributed by atoms with E-state index in [1.807, 2.05) is 0 Å². The molecule has 0 aliphatic rings. The number of nitriles is 2. The monoisotopic (exact) mass is 315 g/mol. The van der Waals surface area contributed by atoms with E-state index in [9.17, 15) is 5.11 Å². The van der Waals surface area contributed by atoms with Crippen LogP contribution in [0.3, 0.4) is 0 Å². The van der Waals surface area contributed by atoms with Crippen molar-refractivity contribution in [3.05, 3.63) is 22.7 Å². The van der Waals surface area contributed by atoms with Crippen LogP contribution in [0.25, 0.3) is 10.9 Å². The maximum Gasteiger partial charge on any atom is 0.216 e. The van der Waals surface area contributed by atoms with Gasteiger partial charge < -0.3 is 10.1 Å². The van der Waals surface area contributed by atoms with Gasteiger partial charge in [-0.2, -0.15) is 10.5 Å². The van der Waals surface area contributed by atoms with Crippen molar-refractivity contribution < 1.29 is 5.11 Å². The highest BCUT2D eigenvalue weighted by Crippen LogP contribution is 2.36. The van der Waals surface area contributed by atoms with Crippen molar-refractivity contribution >= 4 is 43.9 Å². The van der Waals surface area contributed by atoms with Crippen molar-refractivity contribution in [1.82, 2.24) is 4.98 Å². The first-order valence-electron chi connectivity index (χ1n) is 5.05. The average Bonchev–Trinajstić information content (AvgIpc) is 2.70. The van der Waals surface area contributed by atoms with Gasteiger partial charge in [0.1, 0.15) is 17.8 Å². The lowest BCUT2D eigenvalue weighted by Crippen LogP contribution is -2.07. The van der Waals surface area contributed by atoms with Crippen molar-refractivity contribution in [1.29, 1.82) is 15.9 Å². The molecule has 0 saturated heterocycles. The number of hydrogen-bond acceptors (Lipinski definition) is 5. The SMILES string of the molecule is N#CC(=N)C(C#N)=Nc1c(O)[nH]c2ccc(Br)cc12. The van der Waals surface area contributed by atoms with Gasteiger partial charge in [0, 0.05) is 9.86 Å². The number of nitrogens with one attached hydrogen (secondary N) is 2. The maximum atomic E-state index is 9.78. The second-order valence-corrected chi connectivity index (χ2v) is 4.49. The molecule has 0 spiro atoms. The largest absolute Gasteiger partial charge is 0.493 e. The van der Waals surface area contributed by atoms with Crippen LogP contribution in [0.5, 0.6) is 5.88 Å². The molecule has 0 bridgehead atoms. The third-order valence-corrected chi connectivity index (χ3v) is 2.89. The fourth-order valence-corrected chi connectivity index (χ4v) is 1.91. The van der Waals surface area contributed by atoms with E-state index in [1.54, 1.807) is 24.3 Å². The molecule has 19 heavy (non-hydrogen) atoms. The van der Waals surface area contributed by atoms with Crippen LogP contribution in [-0.4, -0.2) is 21.5 Å². The summed E-state index contributed by atoms with van der Waals surface area (Å²) in [6.45, 7) is 0. The summed E-state index contributed by atoms with van der Waals surface area (Å²) in [4.78, 5) is 6.59. The predicted molar refractivity (Wildman–Crippen MR) is 73.7 cm³/mol. The van der Waals surface area contributed by atoms with Crippen LogP contribution < -0.4 is 0 Å². The van der Waals surface area contributed by atoms with Gasteiger partial charge in [-0.3, -0.25) is 5.41 Å². The highest BCUT2D eigenvalue weighted by atomic mass is 79.9. The molecular weight excluding hydrogens is 310 g/mol. The summed E-state index contributed by atoms with van der Waals surface area (Å²) in [5.74, 6) is -0.216. The maximum absolute atomic E-state index is 9.78. The number of H-pyrrole nitrogens is 1. The standard InChI is InChI=1S/C12H6BrN5O/c13-6-1-2-9-7(3-6)11(12(19)18-9)17-10(5-15)8(16)4-14/h1-3,16,18-19H. The quantitative estimate of drug-likeness (QED) is 0.739. The van der Waals surface area contributed by atoms with Crippen molar-refractivity contribution in [3.8, 4) is 18.0 Å². The lowest BCUT2D eigenvalue weighted by Gasteiger charge is -1.95. The highest BCUT2D eigenvalue weighted by Gasteiger charge is 2.13. The number of fused-ring (bicyclic) bond motifs is 1. The Morgan fingerprint density at radius 3 is 2.74 bits per heavy atom. The van der Waals surface area contributed by atoms with E-state index in [2.05, 4.69) is 25.9 Å². The Bertz CT molecular complexity index is 791. The van der Waals surface area contributed by atoms with Gasteiger partial charge in [-0.1, -0.05) is 15.9 Å². The van der Waals surface area contributed by atoms with Gasteiger partial charge in [0.05, 0.1) is 5.52 Å². The van der Waals surface area contributed by atoms with Crippen LogP contribution in [0.1, 0.15) is 0 Å². The summed E-state index contributed by atoms with van der Waals surface area (Å²) in [5, 5.41) is 35.2. The number of halogens is 1. The third kappa shape index (κ3) is 2.32. The minimum atomic E-state index is -0.550. The molecule has 1 aromatic heterocycles. The van der Waals surface area contributed by atoms with E-state index in [0.717, 1.165) is 4.47 Å².